The second-order valence-corrected chi connectivity index (χ2v) is 7.16. The van der Waals surface area contributed by atoms with Crippen molar-refractivity contribution in [2.75, 3.05) is 25.0 Å². The monoisotopic (exact) mass is 321 g/mol. The number of carbonyl (C=O) groups excluding carboxylic acids is 1. The van der Waals surface area contributed by atoms with Gasteiger partial charge in [0.05, 0.1) is 6.54 Å². The number of nitrogens with two attached hydrogens (primary N) is 1. The van der Waals surface area contributed by atoms with Gasteiger partial charge in [0.15, 0.2) is 0 Å². The number of carbonyl (C=O) groups is 1. The van der Waals surface area contributed by atoms with Gasteiger partial charge in [0.1, 0.15) is 0 Å². The molecule has 1 aromatic rings. The maximum absolute atomic E-state index is 12.3. The summed E-state index contributed by atoms with van der Waals surface area (Å²) in [7, 11) is 0. The van der Waals surface area contributed by atoms with Crippen molar-refractivity contribution in [2.24, 2.45) is 17.6 Å². The van der Waals surface area contributed by atoms with Crippen molar-refractivity contribution >= 4 is 23.2 Å². The average Bonchev–Trinajstić information content (AvgIpc) is 2.86. The highest BCUT2D eigenvalue weighted by atomic mass is 35.5. The predicted molar refractivity (Wildman–Crippen MR) is 90.1 cm³/mol. The fourth-order valence-electron chi connectivity index (χ4n) is 3.90. The maximum Gasteiger partial charge on any atom is 0.238 e. The van der Waals surface area contributed by atoms with E-state index >= 15 is 0 Å². The Kier molecular flexibility index (Phi) is 4.71. The minimum Gasteiger partial charge on any atom is -0.327 e. The fraction of sp³-hybridized carbons (Fsp3) is 0.588. The highest BCUT2D eigenvalue weighted by Crippen LogP contribution is 2.35. The third-order valence-electron chi connectivity index (χ3n) is 5.06. The standard InChI is InChI=1S/C17H24ClN3O/c1-11-7-13(18)5-6-16(11)20-17(22)10-21-8-12-3-2-4-15(19)14(12)9-21/h5-7,12,14-15H,2-4,8-10,19H2,1H3,(H,20,22). The molecule has 1 aliphatic carbocycles. The molecule has 22 heavy (non-hydrogen) atoms. The molecule has 3 atom stereocenters. The van der Waals surface area contributed by atoms with Gasteiger partial charge in [-0.2, -0.15) is 0 Å². The number of rotatable bonds is 3. The molecule has 0 radical (unpaired) electrons. The van der Waals surface area contributed by atoms with Crippen LogP contribution in [-0.2, 0) is 4.79 Å². The molecule has 3 N–H and O–H groups in total. The topological polar surface area (TPSA) is 58.4 Å². The van der Waals surface area contributed by atoms with Crippen LogP contribution >= 0.6 is 11.6 Å². The van der Waals surface area contributed by atoms with Gasteiger partial charge in [0.2, 0.25) is 5.91 Å². The minimum absolute atomic E-state index is 0.0395. The third-order valence-corrected chi connectivity index (χ3v) is 5.29. The summed E-state index contributed by atoms with van der Waals surface area (Å²) in [5, 5.41) is 3.67. The SMILES string of the molecule is Cc1cc(Cl)ccc1NC(=O)CN1CC2CCCC(N)C2C1. The summed E-state index contributed by atoms with van der Waals surface area (Å²) in [6.07, 6.45) is 3.62. The second-order valence-electron chi connectivity index (χ2n) is 6.72. The molecule has 1 saturated heterocycles. The zero-order valence-electron chi connectivity index (χ0n) is 13.0. The lowest BCUT2D eigenvalue weighted by Gasteiger charge is -2.29. The molecule has 1 heterocycles. The first kappa shape index (κ1) is 15.8. The van der Waals surface area contributed by atoms with Crippen molar-refractivity contribution in [2.45, 2.75) is 32.2 Å². The first-order chi connectivity index (χ1) is 10.5. The molecule has 0 bridgehead atoms. The first-order valence-corrected chi connectivity index (χ1v) is 8.44. The number of likely N-dealkylation sites (tertiary alicyclic amines) is 1. The lowest BCUT2D eigenvalue weighted by Crippen LogP contribution is -2.38. The van der Waals surface area contributed by atoms with Gasteiger partial charge in [-0.3, -0.25) is 9.69 Å². The van der Waals surface area contributed by atoms with Gasteiger partial charge in [0, 0.05) is 29.8 Å². The van der Waals surface area contributed by atoms with Crippen molar-refractivity contribution in [3.63, 3.8) is 0 Å². The summed E-state index contributed by atoms with van der Waals surface area (Å²) in [5.74, 6) is 1.28. The summed E-state index contributed by atoms with van der Waals surface area (Å²) in [4.78, 5) is 14.5. The van der Waals surface area contributed by atoms with Crippen LogP contribution in [0.15, 0.2) is 18.2 Å². The third kappa shape index (κ3) is 3.45. The molecule has 0 spiro atoms. The Morgan fingerprint density at radius 3 is 2.95 bits per heavy atom. The number of aryl methyl sites for hydroxylation is 1. The number of halogens is 1. The fourth-order valence-corrected chi connectivity index (χ4v) is 4.12. The molecular formula is C17H24ClN3O. The van der Waals surface area contributed by atoms with Gasteiger partial charge < -0.3 is 11.1 Å². The zero-order chi connectivity index (χ0) is 15.7. The van der Waals surface area contributed by atoms with E-state index in [1.807, 2.05) is 19.1 Å². The number of nitrogens with one attached hydrogen (secondary N) is 1. The molecule has 2 aliphatic rings. The van der Waals surface area contributed by atoms with E-state index in [9.17, 15) is 4.79 Å². The van der Waals surface area contributed by atoms with E-state index in [-0.39, 0.29) is 5.91 Å². The van der Waals surface area contributed by atoms with Crippen LogP contribution in [0.25, 0.3) is 0 Å². The van der Waals surface area contributed by atoms with E-state index < -0.39 is 0 Å². The maximum atomic E-state index is 12.3. The van der Waals surface area contributed by atoms with Crippen molar-refractivity contribution in [1.29, 1.82) is 0 Å². The van der Waals surface area contributed by atoms with Gasteiger partial charge >= 0.3 is 0 Å². The predicted octanol–water partition coefficient (Wildman–Crippen LogP) is 2.65. The van der Waals surface area contributed by atoms with Crippen LogP contribution in [0.4, 0.5) is 5.69 Å². The lowest BCUT2D eigenvalue weighted by molar-refractivity contribution is -0.117. The molecule has 2 fully saturated rings. The van der Waals surface area contributed by atoms with E-state index in [1.54, 1.807) is 6.07 Å². The Balaban J connectivity index is 1.56. The molecule has 1 saturated carbocycles. The van der Waals surface area contributed by atoms with Crippen LogP contribution in [0.3, 0.4) is 0 Å². The van der Waals surface area contributed by atoms with E-state index in [0.717, 1.165) is 30.8 Å². The highest BCUT2D eigenvalue weighted by molar-refractivity contribution is 6.30. The minimum atomic E-state index is 0.0395. The molecule has 4 nitrogen and oxygen atoms in total. The average molecular weight is 322 g/mol. The Bertz CT molecular complexity index is 563. The van der Waals surface area contributed by atoms with Crippen LogP contribution in [-0.4, -0.2) is 36.5 Å². The molecule has 3 rings (SSSR count). The van der Waals surface area contributed by atoms with Crippen LogP contribution in [0.2, 0.25) is 5.02 Å². The number of benzene rings is 1. The molecule has 1 aromatic carbocycles. The first-order valence-electron chi connectivity index (χ1n) is 8.07. The molecule has 1 aliphatic heterocycles. The normalized spacial score (nSPS) is 28.4. The van der Waals surface area contributed by atoms with E-state index in [0.29, 0.717) is 29.4 Å². The van der Waals surface area contributed by atoms with Gasteiger partial charge in [0.25, 0.3) is 0 Å². The number of anilines is 1. The summed E-state index contributed by atoms with van der Waals surface area (Å²) in [5.41, 5.74) is 8.05. The van der Waals surface area contributed by atoms with Gasteiger partial charge in [-0.1, -0.05) is 18.0 Å². The summed E-state index contributed by atoms with van der Waals surface area (Å²) < 4.78 is 0. The number of amides is 1. The van der Waals surface area contributed by atoms with Gasteiger partial charge in [-0.15, -0.1) is 0 Å². The van der Waals surface area contributed by atoms with Crippen molar-refractivity contribution in [3.8, 4) is 0 Å². The van der Waals surface area contributed by atoms with Gasteiger partial charge in [-0.25, -0.2) is 0 Å². The largest absolute Gasteiger partial charge is 0.327 e. The Morgan fingerprint density at radius 2 is 2.23 bits per heavy atom. The molecule has 0 aromatic heterocycles. The number of hydrogen-bond acceptors (Lipinski definition) is 3. The Hall–Kier alpha value is -1.10. The summed E-state index contributed by atoms with van der Waals surface area (Å²) in [6.45, 7) is 4.36. The molecule has 5 heteroatoms. The Labute approximate surface area is 137 Å². The van der Waals surface area contributed by atoms with Crippen LogP contribution < -0.4 is 11.1 Å². The second kappa shape index (κ2) is 6.57. The van der Waals surface area contributed by atoms with Crippen LogP contribution in [0, 0.1) is 18.8 Å². The lowest BCUT2D eigenvalue weighted by atomic mass is 9.78. The molecule has 120 valence electrons. The van der Waals surface area contributed by atoms with Crippen molar-refractivity contribution < 1.29 is 4.79 Å². The smallest absolute Gasteiger partial charge is 0.238 e. The van der Waals surface area contributed by atoms with E-state index in [2.05, 4.69) is 10.2 Å². The van der Waals surface area contributed by atoms with Gasteiger partial charge in [-0.05, 0) is 55.4 Å². The zero-order valence-corrected chi connectivity index (χ0v) is 13.8. The van der Waals surface area contributed by atoms with Crippen molar-refractivity contribution in [3.05, 3.63) is 28.8 Å². The Morgan fingerprint density at radius 1 is 1.41 bits per heavy atom. The van der Waals surface area contributed by atoms with Crippen LogP contribution in [0.1, 0.15) is 24.8 Å². The number of nitrogens with zero attached hydrogens (tertiary/aromatic N) is 1. The summed E-state index contributed by atoms with van der Waals surface area (Å²) in [6, 6.07) is 5.83. The molecule has 3 unspecified atom stereocenters. The summed E-state index contributed by atoms with van der Waals surface area (Å²) >= 11 is 5.94. The van der Waals surface area contributed by atoms with Crippen molar-refractivity contribution in [1.82, 2.24) is 4.90 Å². The molecular weight excluding hydrogens is 298 g/mol. The molecule has 1 amide bonds. The van der Waals surface area contributed by atoms with Crippen LogP contribution in [0.5, 0.6) is 0 Å². The highest BCUT2D eigenvalue weighted by Gasteiger charge is 2.38. The van der Waals surface area contributed by atoms with E-state index in [1.165, 1.54) is 12.8 Å². The van der Waals surface area contributed by atoms with E-state index in [4.69, 9.17) is 17.3 Å². The number of hydrogen-bond donors (Lipinski definition) is 2. The number of fused-ring (bicyclic) bond motifs is 1. The quantitative estimate of drug-likeness (QED) is 0.900.